The maximum Gasteiger partial charge on any atom is 0.160 e. The molecule has 0 bridgehead atoms. The van der Waals surface area contributed by atoms with Crippen molar-refractivity contribution in [1.29, 1.82) is 0 Å². The molecule has 0 aliphatic carbocycles. The number of Topliss-reactive ketones (excluding diaryl/α,β-unsaturated/α-hetero) is 1. The molecule has 0 saturated carbocycles. The first-order valence-electron chi connectivity index (χ1n) is 4.64. The van der Waals surface area contributed by atoms with Gasteiger partial charge in [0, 0.05) is 5.56 Å². The average Bonchev–Trinajstić information content (AvgIpc) is 2.12. The van der Waals surface area contributed by atoms with Crippen molar-refractivity contribution in [2.24, 2.45) is 0 Å². The molecule has 0 aromatic heterocycles. The van der Waals surface area contributed by atoms with Gasteiger partial charge in [0.25, 0.3) is 0 Å². The first-order chi connectivity index (χ1) is 6.49. The highest BCUT2D eigenvalue weighted by atomic mass is 16.5. The van der Waals surface area contributed by atoms with Crippen LogP contribution >= 0.6 is 0 Å². The van der Waals surface area contributed by atoms with Crippen LogP contribution in [0.4, 0.5) is 0 Å². The number of ether oxygens (including phenoxy) is 1. The zero-order chi connectivity index (χ0) is 10.9. The Morgan fingerprint density at radius 1 is 1.21 bits per heavy atom. The van der Waals surface area contributed by atoms with E-state index in [2.05, 4.69) is 0 Å². The number of methoxy groups -OCH3 is 1. The molecule has 2 heteroatoms. The number of benzene rings is 1. The van der Waals surface area contributed by atoms with Crippen LogP contribution in [0, 0.1) is 20.8 Å². The van der Waals surface area contributed by atoms with Crippen molar-refractivity contribution in [3.63, 3.8) is 0 Å². The Morgan fingerprint density at radius 3 is 2.21 bits per heavy atom. The van der Waals surface area contributed by atoms with Crippen LogP contribution in [0.25, 0.3) is 0 Å². The summed E-state index contributed by atoms with van der Waals surface area (Å²) < 4.78 is 5.28. The monoisotopic (exact) mass is 192 g/mol. The summed E-state index contributed by atoms with van der Waals surface area (Å²) in [7, 11) is 1.65. The number of aryl methyl sites for hydroxylation is 1. The fraction of sp³-hybridized carbons (Fsp3) is 0.417. The van der Waals surface area contributed by atoms with Crippen molar-refractivity contribution in [2.45, 2.75) is 27.7 Å². The molecule has 0 aliphatic rings. The molecule has 0 spiro atoms. The van der Waals surface area contributed by atoms with E-state index in [1.807, 2.05) is 26.8 Å². The molecule has 0 amide bonds. The third kappa shape index (κ3) is 1.65. The van der Waals surface area contributed by atoms with Gasteiger partial charge in [-0.25, -0.2) is 0 Å². The summed E-state index contributed by atoms with van der Waals surface area (Å²) in [4.78, 5) is 11.3. The van der Waals surface area contributed by atoms with Gasteiger partial charge in [-0.2, -0.15) is 0 Å². The van der Waals surface area contributed by atoms with Crippen molar-refractivity contribution in [3.8, 4) is 5.75 Å². The second-order valence-corrected chi connectivity index (χ2v) is 3.58. The fourth-order valence-electron chi connectivity index (χ4n) is 1.74. The van der Waals surface area contributed by atoms with Crippen molar-refractivity contribution in [1.82, 2.24) is 0 Å². The molecule has 0 radical (unpaired) electrons. The minimum absolute atomic E-state index is 0.108. The lowest BCUT2D eigenvalue weighted by molar-refractivity contribution is 0.101. The van der Waals surface area contributed by atoms with Gasteiger partial charge in [-0.1, -0.05) is 0 Å². The van der Waals surface area contributed by atoms with E-state index >= 15 is 0 Å². The van der Waals surface area contributed by atoms with E-state index in [-0.39, 0.29) is 5.78 Å². The Kier molecular flexibility index (Phi) is 2.94. The molecular weight excluding hydrogens is 176 g/mol. The molecule has 1 aromatic rings. The molecular formula is C12H16O2. The fourth-order valence-corrected chi connectivity index (χ4v) is 1.74. The van der Waals surface area contributed by atoms with Crippen LogP contribution in [0.1, 0.15) is 34.0 Å². The minimum Gasteiger partial charge on any atom is -0.496 e. The molecule has 0 atom stereocenters. The Balaban J connectivity index is 3.47. The summed E-state index contributed by atoms with van der Waals surface area (Å²) in [5, 5.41) is 0. The predicted molar refractivity (Wildman–Crippen MR) is 57.2 cm³/mol. The van der Waals surface area contributed by atoms with E-state index in [9.17, 15) is 4.79 Å². The quantitative estimate of drug-likeness (QED) is 0.673. The molecule has 0 fully saturated rings. The van der Waals surface area contributed by atoms with Gasteiger partial charge in [-0.3, -0.25) is 4.79 Å². The Morgan fingerprint density at radius 2 is 1.79 bits per heavy atom. The average molecular weight is 192 g/mol. The molecule has 0 N–H and O–H groups in total. The second-order valence-electron chi connectivity index (χ2n) is 3.58. The minimum atomic E-state index is 0.108. The highest BCUT2D eigenvalue weighted by Gasteiger charge is 2.12. The van der Waals surface area contributed by atoms with Gasteiger partial charge in [0.15, 0.2) is 5.78 Å². The third-order valence-electron chi connectivity index (χ3n) is 2.61. The largest absolute Gasteiger partial charge is 0.496 e. The summed E-state index contributed by atoms with van der Waals surface area (Å²) >= 11 is 0. The summed E-state index contributed by atoms with van der Waals surface area (Å²) in [6.45, 7) is 7.48. The number of carbonyl (C=O) groups is 1. The lowest BCUT2D eigenvalue weighted by atomic mass is 9.96. The first-order valence-corrected chi connectivity index (χ1v) is 4.64. The molecule has 76 valence electrons. The van der Waals surface area contributed by atoms with Gasteiger partial charge in [0.1, 0.15) is 5.75 Å². The van der Waals surface area contributed by atoms with Crippen molar-refractivity contribution >= 4 is 5.78 Å². The van der Waals surface area contributed by atoms with E-state index in [4.69, 9.17) is 4.74 Å². The third-order valence-corrected chi connectivity index (χ3v) is 2.61. The number of ketones is 1. The second kappa shape index (κ2) is 3.82. The zero-order valence-electron chi connectivity index (χ0n) is 9.39. The maximum atomic E-state index is 11.3. The molecule has 14 heavy (non-hydrogen) atoms. The van der Waals surface area contributed by atoms with Crippen LogP contribution in [-0.4, -0.2) is 12.9 Å². The molecule has 2 nitrogen and oxygen atoms in total. The van der Waals surface area contributed by atoms with Crippen LogP contribution < -0.4 is 4.74 Å². The number of hydrogen-bond donors (Lipinski definition) is 0. The predicted octanol–water partition coefficient (Wildman–Crippen LogP) is 2.82. The van der Waals surface area contributed by atoms with Crippen molar-refractivity contribution in [2.75, 3.05) is 7.11 Å². The summed E-state index contributed by atoms with van der Waals surface area (Å²) in [5.74, 6) is 0.990. The van der Waals surface area contributed by atoms with Crippen LogP contribution in [0.2, 0.25) is 0 Å². The van der Waals surface area contributed by atoms with Crippen LogP contribution in [0.15, 0.2) is 6.07 Å². The lowest BCUT2D eigenvalue weighted by Gasteiger charge is -2.13. The zero-order valence-corrected chi connectivity index (χ0v) is 9.39. The molecule has 1 aromatic carbocycles. The molecule has 1 rings (SSSR count). The first kappa shape index (κ1) is 10.8. The Hall–Kier alpha value is -1.31. The van der Waals surface area contributed by atoms with Gasteiger partial charge in [0.2, 0.25) is 0 Å². The Bertz CT molecular complexity index is 378. The van der Waals surface area contributed by atoms with Crippen molar-refractivity contribution < 1.29 is 9.53 Å². The Labute approximate surface area is 84.9 Å². The normalized spacial score (nSPS) is 10.1. The SMILES string of the molecule is COc1c(C)cc(C(C)=O)c(C)c1C. The maximum absolute atomic E-state index is 11.3. The van der Waals surface area contributed by atoms with E-state index in [1.54, 1.807) is 14.0 Å². The molecule has 0 unspecified atom stereocenters. The molecule has 0 heterocycles. The van der Waals surface area contributed by atoms with E-state index in [1.165, 1.54) is 0 Å². The van der Waals surface area contributed by atoms with E-state index in [0.29, 0.717) is 0 Å². The number of carbonyl (C=O) groups excluding carboxylic acids is 1. The van der Waals surface area contributed by atoms with Gasteiger partial charge in [-0.05, 0) is 50.5 Å². The number of rotatable bonds is 2. The van der Waals surface area contributed by atoms with Gasteiger partial charge in [-0.15, -0.1) is 0 Å². The highest BCUT2D eigenvalue weighted by Crippen LogP contribution is 2.28. The standard InChI is InChI=1S/C12H16O2/c1-7-6-11(10(4)13)8(2)9(3)12(7)14-5/h6H,1-5H3. The van der Waals surface area contributed by atoms with Gasteiger partial charge < -0.3 is 4.74 Å². The summed E-state index contributed by atoms with van der Waals surface area (Å²) in [6.07, 6.45) is 0. The van der Waals surface area contributed by atoms with Crippen LogP contribution in [-0.2, 0) is 0 Å². The highest BCUT2D eigenvalue weighted by molar-refractivity contribution is 5.96. The van der Waals surface area contributed by atoms with Crippen molar-refractivity contribution in [3.05, 3.63) is 28.3 Å². The summed E-state index contributed by atoms with van der Waals surface area (Å²) in [5.41, 5.74) is 3.87. The topological polar surface area (TPSA) is 26.3 Å². The molecule has 0 saturated heterocycles. The van der Waals surface area contributed by atoms with Crippen LogP contribution in [0.3, 0.4) is 0 Å². The van der Waals surface area contributed by atoms with Crippen LogP contribution in [0.5, 0.6) is 5.75 Å². The lowest BCUT2D eigenvalue weighted by Crippen LogP contribution is -2.02. The van der Waals surface area contributed by atoms with E-state index in [0.717, 1.165) is 28.0 Å². The molecule has 0 aliphatic heterocycles. The van der Waals surface area contributed by atoms with E-state index < -0.39 is 0 Å². The summed E-state index contributed by atoms with van der Waals surface area (Å²) in [6, 6.07) is 1.89. The van der Waals surface area contributed by atoms with Gasteiger partial charge in [0.05, 0.1) is 7.11 Å². The van der Waals surface area contributed by atoms with Gasteiger partial charge >= 0.3 is 0 Å². The smallest absolute Gasteiger partial charge is 0.160 e. The number of hydrogen-bond acceptors (Lipinski definition) is 2.